The molecule has 7 heteroatoms. The fraction of sp³-hybridized carbons (Fsp3) is 0.400. The molecule has 1 saturated heterocycles. The average molecular weight is 445 g/mol. The minimum atomic E-state index is 0.586. The van der Waals surface area contributed by atoms with Gasteiger partial charge in [-0.05, 0) is 56.5 Å². The highest BCUT2D eigenvalue weighted by molar-refractivity contribution is 7.19. The quantitative estimate of drug-likeness (QED) is 0.513. The van der Waals surface area contributed by atoms with E-state index in [1.54, 1.807) is 4.68 Å². The molecule has 0 amide bonds. The number of nitrogens with one attached hydrogen (secondary N) is 1. The second kappa shape index (κ2) is 7.98. The maximum Gasteiger partial charge on any atom is 0.0878 e. The maximum absolute atomic E-state index is 4.71. The van der Waals surface area contributed by atoms with Crippen LogP contribution in [-0.2, 0) is 19.9 Å². The molecule has 164 valence electrons. The van der Waals surface area contributed by atoms with Crippen molar-refractivity contribution in [3.8, 4) is 11.1 Å². The van der Waals surface area contributed by atoms with E-state index in [9.17, 15) is 0 Å². The van der Waals surface area contributed by atoms with Crippen molar-refractivity contribution in [3.63, 3.8) is 0 Å². The van der Waals surface area contributed by atoms with Gasteiger partial charge in [0.15, 0.2) is 0 Å². The van der Waals surface area contributed by atoms with Gasteiger partial charge >= 0.3 is 0 Å². The summed E-state index contributed by atoms with van der Waals surface area (Å²) in [7, 11) is 1.91. The van der Waals surface area contributed by atoms with Crippen LogP contribution in [-0.4, -0.2) is 45.7 Å². The third-order valence-corrected chi connectivity index (χ3v) is 7.86. The molecule has 1 fully saturated rings. The normalized spacial score (nSPS) is 18.4. The molecule has 0 saturated carbocycles. The van der Waals surface area contributed by atoms with Gasteiger partial charge in [0.05, 0.1) is 15.9 Å². The Bertz CT molecular complexity index is 1280. The number of hydrogen-bond acceptors (Lipinski definition) is 6. The Morgan fingerprint density at radius 2 is 2.16 bits per heavy atom. The van der Waals surface area contributed by atoms with Gasteiger partial charge in [0.1, 0.15) is 0 Å². The number of benzene rings is 1. The van der Waals surface area contributed by atoms with Crippen LogP contribution in [0.15, 0.2) is 36.7 Å². The molecular formula is C25H28N6S. The zero-order valence-electron chi connectivity index (χ0n) is 18.6. The van der Waals surface area contributed by atoms with Gasteiger partial charge in [-0.15, -0.1) is 16.4 Å². The van der Waals surface area contributed by atoms with Crippen molar-refractivity contribution in [2.24, 2.45) is 7.05 Å². The van der Waals surface area contributed by atoms with Crippen LogP contribution < -0.4 is 10.2 Å². The van der Waals surface area contributed by atoms with E-state index in [1.807, 2.05) is 30.8 Å². The van der Waals surface area contributed by atoms with Crippen LogP contribution >= 0.6 is 11.3 Å². The zero-order chi connectivity index (χ0) is 21.7. The molecule has 1 atom stereocenters. The van der Waals surface area contributed by atoms with Gasteiger partial charge in [-0.2, -0.15) is 0 Å². The highest BCUT2D eigenvalue weighted by Gasteiger charge is 2.29. The number of thiophene rings is 1. The van der Waals surface area contributed by atoms with Gasteiger partial charge in [0.25, 0.3) is 0 Å². The van der Waals surface area contributed by atoms with Crippen molar-refractivity contribution >= 4 is 27.2 Å². The van der Waals surface area contributed by atoms with E-state index in [2.05, 4.69) is 51.7 Å². The molecule has 2 aliphatic heterocycles. The summed E-state index contributed by atoms with van der Waals surface area (Å²) in [6.45, 7) is 5.58. The highest BCUT2D eigenvalue weighted by atomic mass is 32.1. The number of aromatic nitrogens is 4. The second-order valence-corrected chi connectivity index (χ2v) is 10.2. The molecule has 0 bridgehead atoms. The molecule has 1 aromatic carbocycles. The summed E-state index contributed by atoms with van der Waals surface area (Å²) in [6, 6.07) is 9.80. The lowest BCUT2D eigenvalue weighted by molar-refractivity contribution is 0.592. The number of pyridine rings is 1. The van der Waals surface area contributed by atoms with Gasteiger partial charge < -0.3 is 10.2 Å². The van der Waals surface area contributed by atoms with Crippen LogP contribution in [0.4, 0.5) is 5.69 Å². The van der Waals surface area contributed by atoms with E-state index in [0.29, 0.717) is 6.04 Å². The SMILES string of the molecule is Cc1cc2c(c(-c3ccnc4cc(Cc5cn(C)nn5)sc34)c1)N([C@@H]1CCNC1)CCC2. The summed E-state index contributed by atoms with van der Waals surface area (Å²) in [6.07, 6.45) is 8.37. The van der Waals surface area contributed by atoms with E-state index in [-0.39, 0.29) is 0 Å². The molecule has 6 rings (SSSR count). The molecule has 1 N–H and O–H groups in total. The minimum absolute atomic E-state index is 0.586. The molecule has 6 nitrogen and oxygen atoms in total. The van der Waals surface area contributed by atoms with Crippen molar-refractivity contribution in [3.05, 3.63) is 58.4 Å². The number of nitrogens with zero attached hydrogens (tertiary/aromatic N) is 5. The summed E-state index contributed by atoms with van der Waals surface area (Å²) in [5, 5.41) is 11.9. The predicted molar refractivity (Wildman–Crippen MR) is 131 cm³/mol. The Labute approximate surface area is 192 Å². The number of hydrogen-bond donors (Lipinski definition) is 1. The summed E-state index contributed by atoms with van der Waals surface area (Å²) in [4.78, 5) is 8.68. The first kappa shape index (κ1) is 19.9. The van der Waals surface area contributed by atoms with E-state index in [0.717, 1.165) is 43.7 Å². The third kappa shape index (κ3) is 3.49. The highest BCUT2D eigenvalue weighted by Crippen LogP contribution is 2.43. The van der Waals surface area contributed by atoms with Crippen LogP contribution in [0.25, 0.3) is 21.3 Å². The summed E-state index contributed by atoms with van der Waals surface area (Å²) in [5.41, 5.74) is 9.04. The lowest BCUT2D eigenvalue weighted by atomic mass is 9.91. The minimum Gasteiger partial charge on any atom is -0.366 e. The molecule has 2 aliphatic rings. The van der Waals surface area contributed by atoms with Gasteiger partial charge in [0.2, 0.25) is 0 Å². The van der Waals surface area contributed by atoms with E-state index < -0.39 is 0 Å². The second-order valence-electron chi connectivity index (χ2n) is 9.11. The fourth-order valence-corrected chi connectivity index (χ4v) is 6.51. The van der Waals surface area contributed by atoms with Crippen LogP contribution in [0.3, 0.4) is 0 Å². The fourth-order valence-electron chi connectivity index (χ4n) is 5.35. The first-order chi connectivity index (χ1) is 15.7. The maximum atomic E-state index is 4.71. The Hall–Kier alpha value is -2.77. The average Bonchev–Trinajstić information content (AvgIpc) is 3.53. The van der Waals surface area contributed by atoms with Crippen molar-refractivity contribution < 1.29 is 0 Å². The Morgan fingerprint density at radius 3 is 2.97 bits per heavy atom. The third-order valence-electron chi connectivity index (χ3n) is 6.70. The lowest BCUT2D eigenvalue weighted by Gasteiger charge is -2.38. The smallest absolute Gasteiger partial charge is 0.0878 e. The summed E-state index contributed by atoms with van der Waals surface area (Å²) < 4.78 is 3.03. The van der Waals surface area contributed by atoms with Crippen molar-refractivity contribution in [1.29, 1.82) is 0 Å². The van der Waals surface area contributed by atoms with Crippen LogP contribution in [0.1, 0.15) is 34.5 Å². The van der Waals surface area contributed by atoms with E-state index >= 15 is 0 Å². The van der Waals surface area contributed by atoms with Crippen molar-refractivity contribution in [2.75, 3.05) is 24.5 Å². The van der Waals surface area contributed by atoms with E-state index in [1.165, 1.54) is 50.4 Å². The number of fused-ring (bicyclic) bond motifs is 2. The van der Waals surface area contributed by atoms with Gasteiger partial charge in [0, 0.05) is 66.7 Å². The number of rotatable bonds is 4. The Kier molecular flexibility index (Phi) is 4.96. The molecule has 5 heterocycles. The van der Waals surface area contributed by atoms with Crippen LogP contribution in [0.5, 0.6) is 0 Å². The van der Waals surface area contributed by atoms with Crippen molar-refractivity contribution in [1.82, 2.24) is 25.3 Å². The van der Waals surface area contributed by atoms with Crippen LogP contribution in [0.2, 0.25) is 0 Å². The molecular weight excluding hydrogens is 416 g/mol. The Morgan fingerprint density at radius 1 is 1.22 bits per heavy atom. The van der Waals surface area contributed by atoms with Gasteiger partial charge in [-0.25, -0.2) is 0 Å². The van der Waals surface area contributed by atoms with Gasteiger partial charge in [-0.1, -0.05) is 16.8 Å². The molecule has 0 unspecified atom stereocenters. The first-order valence-electron chi connectivity index (χ1n) is 11.5. The first-order valence-corrected chi connectivity index (χ1v) is 12.3. The van der Waals surface area contributed by atoms with Crippen molar-refractivity contribution in [2.45, 2.75) is 38.6 Å². The van der Waals surface area contributed by atoms with E-state index in [4.69, 9.17) is 4.98 Å². The zero-order valence-corrected chi connectivity index (χ0v) is 19.5. The summed E-state index contributed by atoms with van der Waals surface area (Å²) in [5.74, 6) is 0. The molecule has 0 spiro atoms. The Balaban J connectivity index is 1.48. The predicted octanol–water partition coefficient (Wildman–Crippen LogP) is 4.11. The lowest BCUT2D eigenvalue weighted by Crippen LogP contribution is -2.40. The topological polar surface area (TPSA) is 58.9 Å². The molecule has 0 aliphatic carbocycles. The standard InChI is InChI=1S/C25H28N6S/c1-16-10-17-4-3-9-31(19-5-7-26-14-19)24(17)22(11-16)21-6-8-27-23-13-20(32-25(21)23)12-18-15-30(2)29-28-18/h6,8,10-11,13,15,19,26H,3-5,7,9,12,14H2,1-2H3/t19-/m1/s1. The molecule has 3 aromatic heterocycles. The molecule has 32 heavy (non-hydrogen) atoms. The summed E-state index contributed by atoms with van der Waals surface area (Å²) >= 11 is 1.84. The van der Waals surface area contributed by atoms with Gasteiger partial charge in [-0.3, -0.25) is 9.67 Å². The molecule has 4 aromatic rings. The number of anilines is 1. The molecule has 0 radical (unpaired) electrons. The monoisotopic (exact) mass is 444 g/mol. The number of aryl methyl sites for hydroxylation is 3. The largest absolute Gasteiger partial charge is 0.366 e. The van der Waals surface area contributed by atoms with Crippen LogP contribution in [0, 0.1) is 6.92 Å².